The summed E-state index contributed by atoms with van der Waals surface area (Å²) in [4.78, 5) is 12.2. The molecule has 0 atom stereocenters. The van der Waals surface area contributed by atoms with Gasteiger partial charge in [0.2, 0.25) is 5.91 Å². The van der Waals surface area contributed by atoms with E-state index in [9.17, 15) is 13.6 Å². The number of rotatable bonds is 5. The number of nitrogens with two attached hydrogens (primary N) is 1. The molecule has 0 bridgehead atoms. The van der Waals surface area contributed by atoms with Crippen LogP contribution in [0.2, 0.25) is 0 Å². The predicted octanol–water partition coefficient (Wildman–Crippen LogP) is 2.99. The summed E-state index contributed by atoms with van der Waals surface area (Å²) in [6.07, 6.45) is 3.44. The Morgan fingerprint density at radius 1 is 1.29 bits per heavy atom. The fourth-order valence-electron chi connectivity index (χ4n) is 2.66. The van der Waals surface area contributed by atoms with Gasteiger partial charge in [-0.1, -0.05) is 12.1 Å². The molecule has 1 aromatic carbocycles. The Hall–Kier alpha value is -1.69. The molecule has 0 heterocycles. The Morgan fingerprint density at radius 2 is 1.95 bits per heavy atom. The molecular formula is C15H20F2N2O2. The Labute approximate surface area is 122 Å². The number of benzene rings is 1. The monoisotopic (exact) mass is 298 g/mol. The molecule has 2 rings (SSSR count). The van der Waals surface area contributed by atoms with Crippen molar-refractivity contribution in [2.45, 2.75) is 32.3 Å². The van der Waals surface area contributed by atoms with Gasteiger partial charge in [-0.15, -0.1) is 0 Å². The van der Waals surface area contributed by atoms with Crippen molar-refractivity contribution in [3.8, 4) is 5.75 Å². The molecule has 1 fully saturated rings. The summed E-state index contributed by atoms with van der Waals surface area (Å²) in [5.74, 6) is 0.239. The minimum absolute atomic E-state index is 0.0171. The lowest BCUT2D eigenvalue weighted by Crippen LogP contribution is -2.29. The molecule has 116 valence electrons. The average molecular weight is 298 g/mol. The van der Waals surface area contributed by atoms with E-state index in [1.54, 1.807) is 18.2 Å². The first-order valence-electron chi connectivity index (χ1n) is 7.15. The topological polar surface area (TPSA) is 64.4 Å². The maximum atomic E-state index is 12.3. The van der Waals surface area contributed by atoms with Crippen LogP contribution in [0.1, 0.15) is 25.7 Å². The number of amides is 1. The number of hydrogen-bond acceptors (Lipinski definition) is 3. The lowest BCUT2D eigenvalue weighted by Gasteiger charge is -2.27. The predicted molar refractivity (Wildman–Crippen MR) is 76.2 cm³/mol. The highest BCUT2D eigenvalue weighted by molar-refractivity contribution is 5.94. The molecule has 1 aliphatic carbocycles. The molecule has 0 radical (unpaired) electrons. The third kappa shape index (κ3) is 4.39. The first kappa shape index (κ1) is 15.7. The summed E-state index contributed by atoms with van der Waals surface area (Å²) < 4.78 is 29.1. The molecule has 1 saturated carbocycles. The van der Waals surface area contributed by atoms with Crippen LogP contribution in [0.5, 0.6) is 5.75 Å². The molecule has 0 aromatic heterocycles. The van der Waals surface area contributed by atoms with Gasteiger partial charge in [-0.25, -0.2) is 0 Å². The van der Waals surface area contributed by atoms with Crippen LogP contribution >= 0.6 is 0 Å². The number of alkyl halides is 2. The van der Waals surface area contributed by atoms with E-state index in [0.29, 0.717) is 12.5 Å². The third-order valence-electron chi connectivity index (χ3n) is 3.91. The molecule has 1 amide bonds. The van der Waals surface area contributed by atoms with Gasteiger partial charge in [0.25, 0.3) is 0 Å². The molecule has 3 N–H and O–H groups in total. The average Bonchev–Trinajstić information content (AvgIpc) is 2.49. The van der Waals surface area contributed by atoms with Gasteiger partial charge in [-0.2, -0.15) is 8.78 Å². The fourth-order valence-corrected chi connectivity index (χ4v) is 2.66. The molecule has 0 saturated heterocycles. The van der Waals surface area contributed by atoms with Crippen molar-refractivity contribution in [2.75, 3.05) is 11.9 Å². The second-order valence-corrected chi connectivity index (χ2v) is 5.32. The van der Waals surface area contributed by atoms with E-state index in [0.717, 1.165) is 25.7 Å². The number of para-hydroxylation sites is 2. The summed E-state index contributed by atoms with van der Waals surface area (Å²) in [6.45, 7) is -2.26. The molecule has 1 aromatic rings. The Morgan fingerprint density at radius 3 is 2.57 bits per heavy atom. The standard InChI is InChI=1S/C15H20F2N2O2/c16-15(17)21-13-4-2-1-3-12(13)19-14(20)11-7-5-10(9-18)6-8-11/h1-4,10-11,15H,5-9,18H2,(H,19,20). The largest absolute Gasteiger partial charge is 0.433 e. The van der Waals surface area contributed by atoms with Gasteiger partial charge in [0, 0.05) is 5.92 Å². The van der Waals surface area contributed by atoms with Crippen molar-refractivity contribution in [1.82, 2.24) is 0 Å². The van der Waals surface area contributed by atoms with Crippen molar-refractivity contribution < 1.29 is 18.3 Å². The molecule has 6 heteroatoms. The van der Waals surface area contributed by atoms with E-state index < -0.39 is 6.61 Å². The lowest BCUT2D eigenvalue weighted by atomic mass is 9.81. The summed E-state index contributed by atoms with van der Waals surface area (Å²) in [5, 5.41) is 2.69. The number of carbonyl (C=O) groups excluding carboxylic acids is 1. The van der Waals surface area contributed by atoms with Gasteiger partial charge in [0.05, 0.1) is 5.69 Å². The highest BCUT2D eigenvalue weighted by Gasteiger charge is 2.26. The Bertz CT molecular complexity index is 474. The van der Waals surface area contributed by atoms with Gasteiger partial charge in [-0.3, -0.25) is 4.79 Å². The van der Waals surface area contributed by atoms with Gasteiger partial charge >= 0.3 is 6.61 Å². The highest BCUT2D eigenvalue weighted by Crippen LogP contribution is 2.31. The van der Waals surface area contributed by atoms with E-state index in [1.807, 2.05) is 0 Å². The molecule has 0 aliphatic heterocycles. The molecule has 0 spiro atoms. The third-order valence-corrected chi connectivity index (χ3v) is 3.91. The van der Waals surface area contributed by atoms with Gasteiger partial charge < -0.3 is 15.8 Å². The minimum Gasteiger partial charge on any atom is -0.433 e. The zero-order chi connectivity index (χ0) is 15.2. The van der Waals surface area contributed by atoms with Crippen LogP contribution in [0.4, 0.5) is 14.5 Å². The van der Waals surface area contributed by atoms with Crippen molar-refractivity contribution >= 4 is 11.6 Å². The first-order chi connectivity index (χ1) is 10.1. The number of hydrogen-bond donors (Lipinski definition) is 2. The van der Waals surface area contributed by atoms with Crippen LogP contribution < -0.4 is 15.8 Å². The van der Waals surface area contributed by atoms with Crippen molar-refractivity contribution in [3.63, 3.8) is 0 Å². The molecular weight excluding hydrogens is 278 g/mol. The van der Waals surface area contributed by atoms with Crippen LogP contribution in [-0.2, 0) is 4.79 Å². The summed E-state index contributed by atoms with van der Waals surface area (Å²) in [5.41, 5.74) is 5.91. The molecule has 21 heavy (non-hydrogen) atoms. The van der Waals surface area contributed by atoms with E-state index in [4.69, 9.17) is 5.73 Å². The number of halogens is 2. The van der Waals surface area contributed by atoms with E-state index in [-0.39, 0.29) is 23.3 Å². The van der Waals surface area contributed by atoms with Crippen LogP contribution in [0.3, 0.4) is 0 Å². The maximum Gasteiger partial charge on any atom is 0.387 e. The first-order valence-corrected chi connectivity index (χ1v) is 7.15. The normalized spacial score (nSPS) is 22.1. The second kappa shape index (κ2) is 7.36. The quantitative estimate of drug-likeness (QED) is 0.878. The van der Waals surface area contributed by atoms with Crippen molar-refractivity contribution in [1.29, 1.82) is 0 Å². The van der Waals surface area contributed by atoms with E-state index in [2.05, 4.69) is 10.1 Å². The maximum absolute atomic E-state index is 12.3. The Balaban J connectivity index is 1.97. The fraction of sp³-hybridized carbons (Fsp3) is 0.533. The Kier molecular flexibility index (Phi) is 5.50. The number of nitrogens with one attached hydrogen (secondary N) is 1. The number of anilines is 1. The SMILES string of the molecule is NCC1CCC(C(=O)Nc2ccccc2OC(F)F)CC1. The zero-order valence-corrected chi connectivity index (χ0v) is 11.7. The minimum atomic E-state index is -2.91. The molecule has 0 unspecified atom stereocenters. The van der Waals surface area contributed by atoms with Crippen LogP contribution in [0, 0.1) is 11.8 Å². The van der Waals surface area contributed by atoms with Crippen molar-refractivity contribution in [3.05, 3.63) is 24.3 Å². The lowest BCUT2D eigenvalue weighted by molar-refractivity contribution is -0.121. The molecule has 4 nitrogen and oxygen atoms in total. The van der Waals surface area contributed by atoms with Gasteiger partial charge in [0.15, 0.2) is 0 Å². The highest BCUT2D eigenvalue weighted by atomic mass is 19.3. The second-order valence-electron chi connectivity index (χ2n) is 5.32. The van der Waals surface area contributed by atoms with Crippen LogP contribution in [-0.4, -0.2) is 19.1 Å². The van der Waals surface area contributed by atoms with E-state index in [1.165, 1.54) is 6.07 Å². The smallest absolute Gasteiger partial charge is 0.387 e. The number of ether oxygens (including phenoxy) is 1. The number of carbonyl (C=O) groups is 1. The summed E-state index contributed by atoms with van der Waals surface area (Å²) in [7, 11) is 0. The van der Waals surface area contributed by atoms with Gasteiger partial charge in [0.1, 0.15) is 5.75 Å². The molecule has 1 aliphatic rings. The van der Waals surface area contributed by atoms with Crippen molar-refractivity contribution in [2.24, 2.45) is 17.6 Å². The zero-order valence-electron chi connectivity index (χ0n) is 11.7. The van der Waals surface area contributed by atoms with E-state index >= 15 is 0 Å². The summed E-state index contributed by atoms with van der Waals surface area (Å²) in [6, 6.07) is 6.22. The van der Waals surface area contributed by atoms with Crippen LogP contribution in [0.25, 0.3) is 0 Å². The van der Waals surface area contributed by atoms with Crippen LogP contribution in [0.15, 0.2) is 24.3 Å². The summed E-state index contributed by atoms with van der Waals surface area (Å²) >= 11 is 0. The van der Waals surface area contributed by atoms with Gasteiger partial charge in [-0.05, 0) is 50.3 Å².